The number of carbonyl (C=O) groups excluding carboxylic acids is 2. The molecule has 0 aliphatic heterocycles. The lowest BCUT2D eigenvalue weighted by Gasteiger charge is -2.30. The number of carbonyl (C=O) groups is 2. The molecule has 10 heteroatoms. The number of hydrazine groups is 1. The summed E-state index contributed by atoms with van der Waals surface area (Å²) in [4.78, 5) is 32.1. The molecule has 0 spiro atoms. The van der Waals surface area contributed by atoms with E-state index in [1.165, 1.54) is 0 Å². The van der Waals surface area contributed by atoms with Crippen LogP contribution in [-0.2, 0) is 9.53 Å². The third-order valence-corrected chi connectivity index (χ3v) is 5.62. The molecule has 1 aliphatic carbocycles. The standard InChI is InChI=1S/C20H23BrF2N4O3/c1-11(2)27(26-19(29)30-3)18(28)15-9-20(22,23)8-14(15)17-24-10-16(25-17)12-4-6-13(21)7-5-12/h4-7,10-11,14-15H,8-9H2,1-3H3,(H,24,25)(H,26,29)/t14-,15+/m0/s1. The Morgan fingerprint density at radius 1 is 1.30 bits per heavy atom. The Hall–Kier alpha value is -2.49. The van der Waals surface area contributed by atoms with Crippen molar-refractivity contribution < 1.29 is 23.1 Å². The first-order valence-electron chi connectivity index (χ1n) is 9.47. The number of H-pyrrole nitrogens is 1. The largest absolute Gasteiger partial charge is 0.452 e. The van der Waals surface area contributed by atoms with Crippen molar-refractivity contribution in [3.8, 4) is 11.3 Å². The Kier molecular flexibility index (Phi) is 6.44. The number of imidazole rings is 1. The van der Waals surface area contributed by atoms with Gasteiger partial charge >= 0.3 is 6.09 Å². The summed E-state index contributed by atoms with van der Waals surface area (Å²) in [6, 6.07) is 7.03. The maximum absolute atomic E-state index is 14.3. The molecule has 162 valence electrons. The van der Waals surface area contributed by atoms with Crippen LogP contribution in [0.1, 0.15) is 38.4 Å². The van der Waals surface area contributed by atoms with Gasteiger partial charge in [-0.2, -0.15) is 0 Å². The molecule has 2 aromatic rings. The first-order valence-corrected chi connectivity index (χ1v) is 10.3. The highest BCUT2D eigenvalue weighted by atomic mass is 79.9. The van der Waals surface area contributed by atoms with E-state index in [0.29, 0.717) is 11.5 Å². The normalized spacial score (nSPS) is 20.2. The monoisotopic (exact) mass is 484 g/mol. The molecule has 2 N–H and O–H groups in total. The molecular weight excluding hydrogens is 462 g/mol. The van der Waals surface area contributed by atoms with E-state index in [1.807, 2.05) is 24.3 Å². The molecule has 1 aromatic heterocycles. The Morgan fingerprint density at radius 2 is 1.97 bits per heavy atom. The van der Waals surface area contributed by atoms with Gasteiger partial charge in [0.15, 0.2) is 0 Å². The quantitative estimate of drug-likeness (QED) is 0.626. The molecule has 2 atom stereocenters. The highest BCUT2D eigenvalue weighted by Gasteiger charge is 2.52. The lowest BCUT2D eigenvalue weighted by molar-refractivity contribution is -0.141. The molecule has 0 bridgehead atoms. The summed E-state index contributed by atoms with van der Waals surface area (Å²) >= 11 is 3.37. The number of benzene rings is 1. The van der Waals surface area contributed by atoms with E-state index in [4.69, 9.17) is 0 Å². The highest BCUT2D eigenvalue weighted by molar-refractivity contribution is 9.10. The Labute approximate surface area is 181 Å². The van der Waals surface area contributed by atoms with Gasteiger partial charge in [0.25, 0.3) is 0 Å². The number of aromatic nitrogens is 2. The van der Waals surface area contributed by atoms with Gasteiger partial charge in [0.2, 0.25) is 11.8 Å². The number of hydrogen-bond acceptors (Lipinski definition) is 4. The van der Waals surface area contributed by atoms with Crippen LogP contribution in [0.4, 0.5) is 13.6 Å². The Balaban J connectivity index is 1.88. The molecule has 1 saturated carbocycles. The minimum Gasteiger partial charge on any atom is -0.452 e. The molecule has 2 amide bonds. The van der Waals surface area contributed by atoms with Crippen LogP contribution < -0.4 is 5.43 Å². The summed E-state index contributed by atoms with van der Waals surface area (Å²) < 4.78 is 34.1. The second-order valence-corrected chi connectivity index (χ2v) is 8.49. The number of amides is 2. The predicted octanol–water partition coefficient (Wildman–Crippen LogP) is 4.48. The van der Waals surface area contributed by atoms with Crippen LogP contribution in [0.25, 0.3) is 11.3 Å². The number of alkyl halides is 2. The smallest absolute Gasteiger partial charge is 0.425 e. The van der Waals surface area contributed by atoms with Crippen LogP contribution in [0, 0.1) is 5.92 Å². The summed E-state index contributed by atoms with van der Waals surface area (Å²) in [6.45, 7) is 3.35. The van der Waals surface area contributed by atoms with Gasteiger partial charge in [-0.05, 0) is 31.5 Å². The summed E-state index contributed by atoms with van der Waals surface area (Å²) in [5.41, 5.74) is 3.84. The van der Waals surface area contributed by atoms with E-state index in [9.17, 15) is 18.4 Å². The molecule has 7 nitrogen and oxygen atoms in total. The lowest BCUT2D eigenvalue weighted by atomic mass is 9.94. The van der Waals surface area contributed by atoms with Crippen molar-refractivity contribution in [1.29, 1.82) is 0 Å². The minimum atomic E-state index is -3.01. The van der Waals surface area contributed by atoms with Gasteiger partial charge in [0.1, 0.15) is 5.82 Å². The molecular formula is C20H23BrF2N4O3. The number of aromatic amines is 1. The zero-order chi connectivity index (χ0) is 22.1. The van der Waals surface area contributed by atoms with E-state index in [-0.39, 0.29) is 0 Å². The number of hydrogen-bond donors (Lipinski definition) is 2. The van der Waals surface area contributed by atoms with Crippen LogP contribution >= 0.6 is 15.9 Å². The SMILES string of the molecule is COC(=O)NN(C(=O)[C@@H]1CC(F)(F)C[C@@H]1c1ncc(-c2ccc(Br)cc2)[nH]1)C(C)C. The van der Waals surface area contributed by atoms with Gasteiger partial charge in [-0.15, -0.1) is 0 Å². The second kappa shape index (κ2) is 8.71. The van der Waals surface area contributed by atoms with Gasteiger partial charge in [-0.1, -0.05) is 28.1 Å². The van der Waals surface area contributed by atoms with Crippen molar-refractivity contribution in [2.24, 2.45) is 5.92 Å². The maximum atomic E-state index is 14.3. The van der Waals surface area contributed by atoms with E-state index in [2.05, 4.69) is 36.1 Å². The zero-order valence-corrected chi connectivity index (χ0v) is 18.4. The third-order valence-electron chi connectivity index (χ3n) is 5.09. The van der Waals surface area contributed by atoms with Crippen molar-refractivity contribution in [2.75, 3.05) is 7.11 Å². The fourth-order valence-electron chi connectivity index (χ4n) is 3.62. The fourth-order valence-corrected chi connectivity index (χ4v) is 3.88. The van der Waals surface area contributed by atoms with Crippen molar-refractivity contribution in [2.45, 2.75) is 44.6 Å². The number of methoxy groups -OCH3 is 1. The number of nitrogens with one attached hydrogen (secondary N) is 2. The minimum absolute atomic E-state index is 0.324. The molecule has 1 aliphatic rings. The average Bonchev–Trinajstić information content (AvgIpc) is 3.30. The number of halogens is 3. The zero-order valence-electron chi connectivity index (χ0n) is 16.8. The molecule has 1 fully saturated rings. The number of rotatable bonds is 4. The van der Waals surface area contributed by atoms with Gasteiger partial charge in [-0.25, -0.2) is 29.0 Å². The first-order chi connectivity index (χ1) is 14.1. The van der Waals surface area contributed by atoms with E-state index in [1.54, 1.807) is 20.0 Å². The molecule has 1 aromatic carbocycles. The maximum Gasteiger partial charge on any atom is 0.425 e. The molecule has 0 saturated heterocycles. The van der Waals surface area contributed by atoms with Crippen LogP contribution in [0.5, 0.6) is 0 Å². The molecule has 0 unspecified atom stereocenters. The van der Waals surface area contributed by atoms with E-state index >= 15 is 0 Å². The fraction of sp³-hybridized carbons (Fsp3) is 0.450. The molecule has 30 heavy (non-hydrogen) atoms. The first kappa shape index (κ1) is 22.2. The highest BCUT2D eigenvalue weighted by Crippen LogP contribution is 2.48. The van der Waals surface area contributed by atoms with Gasteiger partial charge in [0.05, 0.1) is 24.9 Å². The van der Waals surface area contributed by atoms with Crippen LogP contribution in [0.2, 0.25) is 0 Å². The average molecular weight is 485 g/mol. The molecule has 0 radical (unpaired) electrons. The Morgan fingerprint density at radius 3 is 2.57 bits per heavy atom. The Bertz CT molecular complexity index is 917. The summed E-state index contributed by atoms with van der Waals surface area (Å²) in [5, 5.41) is 1.05. The van der Waals surface area contributed by atoms with Crippen molar-refractivity contribution in [3.05, 3.63) is 40.8 Å². The van der Waals surface area contributed by atoms with Crippen molar-refractivity contribution in [3.63, 3.8) is 0 Å². The summed E-state index contributed by atoms with van der Waals surface area (Å²) in [5.74, 6) is -5.13. The summed E-state index contributed by atoms with van der Waals surface area (Å²) in [6.07, 6.45) is -0.379. The second-order valence-electron chi connectivity index (χ2n) is 7.57. The van der Waals surface area contributed by atoms with E-state index in [0.717, 1.165) is 22.2 Å². The number of ether oxygens (including phenoxy) is 1. The van der Waals surface area contributed by atoms with Crippen molar-refractivity contribution in [1.82, 2.24) is 20.4 Å². The van der Waals surface area contributed by atoms with Crippen LogP contribution in [-0.4, -0.2) is 46.1 Å². The van der Waals surface area contributed by atoms with Gasteiger partial charge in [0, 0.05) is 29.3 Å². The van der Waals surface area contributed by atoms with Gasteiger partial charge < -0.3 is 9.72 Å². The molecule has 1 heterocycles. The van der Waals surface area contributed by atoms with Crippen molar-refractivity contribution >= 4 is 27.9 Å². The van der Waals surface area contributed by atoms with Crippen LogP contribution in [0.15, 0.2) is 34.9 Å². The molecule has 3 rings (SSSR count). The lowest BCUT2D eigenvalue weighted by Crippen LogP contribution is -2.52. The topological polar surface area (TPSA) is 87.3 Å². The number of nitrogens with zero attached hydrogens (tertiary/aromatic N) is 2. The van der Waals surface area contributed by atoms with E-state index < -0.39 is 48.6 Å². The van der Waals surface area contributed by atoms with Crippen LogP contribution in [0.3, 0.4) is 0 Å². The van der Waals surface area contributed by atoms with Gasteiger partial charge in [-0.3, -0.25) is 4.79 Å². The predicted molar refractivity (Wildman–Crippen MR) is 110 cm³/mol. The summed E-state index contributed by atoms with van der Waals surface area (Å²) in [7, 11) is 1.16. The third kappa shape index (κ3) is 4.80.